The predicted octanol–water partition coefficient (Wildman–Crippen LogP) is 2.31. The molecule has 0 aliphatic heterocycles. The van der Waals surface area contributed by atoms with E-state index in [1.807, 2.05) is 6.07 Å². The molecule has 1 heterocycles. The molecular weight excluding hydrogens is 234 g/mol. The van der Waals surface area contributed by atoms with Gasteiger partial charge in [-0.05, 0) is 45.0 Å². The van der Waals surface area contributed by atoms with Crippen LogP contribution in [0.2, 0.25) is 5.02 Å². The minimum Gasteiger partial charge on any atom is -0.311 e. The molecular formula is C13H20ClN3. The van der Waals surface area contributed by atoms with Gasteiger partial charge in [-0.15, -0.1) is 0 Å². The average molecular weight is 254 g/mol. The van der Waals surface area contributed by atoms with Crippen molar-refractivity contribution in [2.24, 2.45) is 0 Å². The number of likely N-dealkylation sites (N-methyl/N-ethyl adjacent to an activating group) is 1. The van der Waals surface area contributed by atoms with Crippen molar-refractivity contribution >= 4 is 11.6 Å². The zero-order valence-electron chi connectivity index (χ0n) is 10.5. The lowest BCUT2D eigenvalue weighted by Crippen LogP contribution is -2.56. The van der Waals surface area contributed by atoms with E-state index in [4.69, 9.17) is 11.6 Å². The SMILES string of the molecule is CN(C)C1(CNCc2ccncc2Cl)CCC1. The van der Waals surface area contributed by atoms with Gasteiger partial charge < -0.3 is 10.2 Å². The maximum absolute atomic E-state index is 6.07. The van der Waals surface area contributed by atoms with Crippen molar-refractivity contribution in [3.63, 3.8) is 0 Å². The molecule has 0 aromatic carbocycles. The van der Waals surface area contributed by atoms with Crippen molar-refractivity contribution in [2.45, 2.75) is 31.3 Å². The van der Waals surface area contributed by atoms with Crippen molar-refractivity contribution in [2.75, 3.05) is 20.6 Å². The number of hydrogen-bond acceptors (Lipinski definition) is 3. The van der Waals surface area contributed by atoms with Crippen molar-refractivity contribution < 1.29 is 0 Å². The molecule has 0 amide bonds. The second-order valence-corrected chi connectivity index (χ2v) is 5.45. The second kappa shape index (κ2) is 5.34. The Morgan fingerprint density at radius 1 is 1.47 bits per heavy atom. The second-order valence-electron chi connectivity index (χ2n) is 5.04. The summed E-state index contributed by atoms with van der Waals surface area (Å²) in [7, 11) is 4.33. The Kier molecular flexibility index (Phi) is 4.02. The molecule has 1 aromatic rings. The van der Waals surface area contributed by atoms with Gasteiger partial charge in [-0.25, -0.2) is 0 Å². The summed E-state index contributed by atoms with van der Waals surface area (Å²) in [6, 6.07) is 1.97. The summed E-state index contributed by atoms with van der Waals surface area (Å²) in [5.74, 6) is 0. The topological polar surface area (TPSA) is 28.2 Å². The molecule has 1 saturated carbocycles. The van der Waals surface area contributed by atoms with Gasteiger partial charge in [0.25, 0.3) is 0 Å². The van der Waals surface area contributed by atoms with Gasteiger partial charge in [0.2, 0.25) is 0 Å². The third-order valence-corrected chi connectivity index (χ3v) is 4.20. The zero-order valence-corrected chi connectivity index (χ0v) is 11.3. The van der Waals surface area contributed by atoms with Gasteiger partial charge >= 0.3 is 0 Å². The van der Waals surface area contributed by atoms with Gasteiger partial charge in [-0.3, -0.25) is 4.98 Å². The number of halogens is 1. The van der Waals surface area contributed by atoms with Crippen molar-refractivity contribution in [1.29, 1.82) is 0 Å². The molecule has 1 aliphatic rings. The van der Waals surface area contributed by atoms with Gasteiger partial charge in [0.1, 0.15) is 0 Å². The Bertz CT molecular complexity index is 375. The molecule has 1 aromatic heterocycles. The standard InChI is InChI=1S/C13H20ClN3/c1-17(2)13(5-3-6-13)10-16-8-11-4-7-15-9-12(11)14/h4,7,9,16H,3,5-6,8,10H2,1-2H3. The highest BCUT2D eigenvalue weighted by molar-refractivity contribution is 6.31. The Balaban J connectivity index is 1.85. The van der Waals surface area contributed by atoms with Gasteiger partial charge in [0.05, 0.1) is 5.02 Å². The van der Waals surface area contributed by atoms with Gasteiger partial charge in [-0.2, -0.15) is 0 Å². The third kappa shape index (κ3) is 2.79. The molecule has 0 radical (unpaired) electrons. The lowest BCUT2D eigenvalue weighted by molar-refractivity contribution is 0.0598. The average Bonchev–Trinajstić information content (AvgIpc) is 2.23. The van der Waals surface area contributed by atoms with Gasteiger partial charge in [0, 0.05) is 31.0 Å². The molecule has 0 spiro atoms. The first-order valence-corrected chi connectivity index (χ1v) is 6.48. The van der Waals surface area contributed by atoms with Crippen LogP contribution in [0.5, 0.6) is 0 Å². The summed E-state index contributed by atoms with van der Waals surface area (Å²) >= 11 is 6.07. The van der Waals surface area contributed by atoms with Gasteiger partial charge in [-0.1, -0.05) is 11.6 Å². The molecule has 0 unspecified atom stereocenters. The monoisotopic (exact) mass is 253 g/mol. The molecule has 94 valence electrons. The maximum atomic E-state index is 6.07. The summed E-state index contributed by atoms with van der Waals surface area (Å²) in [5.41, 5.74) is 1.48. The molecule has 17 heavy (non-hydrogen) atoms. The van der Waals surface area contributed by atoms with Crippen LogP contribution >= 0.6 is 11.6 Å². The van der Waals surface area contributed by atoms with Crippen LogP contribution in [0.4, 0.5) is 0 Å². The first-order valence-electron chi connectivity index (χ1n) is 6.11. The van der Waals surface area contributed by atoms with Crippen LogP contribution in [0, 0.1) is 0 Å². The Labute approximate surface area is 108 Å². The quantitative estimate of drug-likeness (QED) is 0.873. The van der Waals surface area contributed by atoms with Gasteiger partial charge in [0.15, 0.2) is 0 Å². The first kappa shape index (κ1) is 12.8. The maximum Gasteiger partial charge on any atom is 0.0634 e. The summed E-state index contributed by atoms with van der Waals surface area (Å²) in [6.45, 7) is 1.84. The Morgan fingerprint density at radius 2 is 2.24 bits per heavy atom. The van der Waals surface area contributed by atoms with E-state index in [0.717, 1.165) is 23.7 Å². The number of aromatic nitrogens is 1. The van der Waals surface area contributed by atoms with Crippen LogP contribution in [0.15, 0.2) is 18.5 Å². The lowest BCUT2D eigenvalue weighted by atomic mass is 9.75. The van der Waals surface area contributed by atoms with E-state index in [-0.39, 0.29) is 0 Å². The molecule has 0 saturated heterocycles. The number of hydrogen-bond donors (Lipinski definition) is 1. The molecule has 2 rings (SSSR count). The van der Waals surface area contributed by atoms with Crippen LogP contribution < -0.4 is 5.32 Å². The Morgan fingerprint density at radius 3 is 2.76 bits per heavy atom. The highest BCUT2D eigenvalue weighted by Crippen LogP contribution is 2.35. The van der Waals surface area contributed by atoms with Crippen LogP contribution in [-0.4, -0.2) is 36.1 Å². The Hall–Kier alpha value is -0.640. The number of pyridine rings is 1. The minimum atomic E-state index is 0.361. The molecule has 1 aliphatic carbocycles. The summed E-state index contributed by atoms with van der Waals surface area (Å²) in [5, 5.41) is 4.26. The molecule has 1 fully saturated rings. The number of nitrogens with zero attached hydrogens (tertiary/aromatic N) is 2. The van der Waals surface area contributed by atoms with Crippen LogP contribution in [-0.2, 0) is 6.54 Å². The van der Waals surface area contributed by atoms with E-state index in [2.05, 4.69) is 29.3 Å². The van der Waals surface area contributed by atoms with E-state index in [1.54, 1.807) is 12.4 Å². The normalized spacial score (nSPS) is 18.1. The number of rotatable bonds is 5. The van der Waals surface area contributed by atoms with Crippen LogP contribution in [0.1, 0.15) is 24.8 Å². The van der Waals surface area contributed by atoms with Crippen LogP contribution in [0.25, 0.3) is 0 Å². The fraction of sp³-hybridized carbons (Fsp3) is 0.615. The molecule has 4 heteroatoms. The van der Waals surface area contributed by atoms with Crippen LogP contribution in [0.3, 0.4) is 0 Å². The lowest BCUT2D eigenvalue weighted by Gasteiger charge is -2.47. The minimum absolute atomic E-state index is 0.361. The van der Waals surface area contributed by atoms with Crippen molar-refractivity contribution in [1.82, 2.24) is 15.2 Å². The summed E-state index contributed by atoms with van der Waals surface area (Å²) in [4.78, 5) is 6.33. The van der Waals surface area contributed by atoms with E-state index in [9.17, 15) is 0 Å². The van der Waals surface area contributed by atoms with E-state index < -0.39 is 0 Å². The third-order valence-electron chi connectivity index (χ3n) is 3.86. The fourth-order valence-corrected chi connectivity index (χ4v) is 2.53. The molecule has 1 N–H and O–H groups in total. The van der Waals surface area contributed by atoms with E-state index >= 15 is 0 Å². The van der Waals surface area contributed by atoms with Crippen molar-refractivity contribution in [3.05, 3.63) is 29.0 Å². The first-order chi connectivity index (χ1) is 8.14. The largest absolute Gasteiger partial charge is 0.311 e. The fourth-order valence-electron chi connectivity index (χ4n) is 2.34. The molecule has 0 bridgehead atoms. The predicted molar refractivity (Wildman–Crippen MR) is 71.2 cm³/mol. The highest BCUT2D eigenvalue weighted by Gasteiger charge is 2.38. The summed E-state index contributed by atoms with van der Waals surface area (Å²) in [6.07, 6.45) is 7.40. The summed E-state index contributed by atoms with van der Waals surface area (Å²) < 4.78 is 0. The molecule has 0 atom stereocenters. The van der Waals surface area contributed by atoms with E-state index in [0.29, 0.717) is 5.54 Å². The smallest absolute Gasteiger partial charge is 0.0634 e. The van der Waals surface area contributed by atoms with E-state index in [1.165, 1.54) is 19.3 Å². The van der Waals surface area contributed by atoms with Crippen molar-refractivity contribution in [3.8, 4) is 0 Å². The number of nitrogens with one attached hydrogen (secondary N) is 1. The zero-order chi connectivity index (χ0) is 12.3. The molecule has 3 nitrogen and oxygen atoms in total. The highest BCUT2D eigenvalue weighted by atomic mass is 35.5.